The number of hydrogen-bond donors (Lipinski definition) is 0. The van der Waals surface area contributed by atoms with Crippen LogP contribution in [0.2, 0.25) is 0 Å². The van der Waals surface area contributed by atoms with Crippen LogP contribution < -0.4 is 0 Å². The Balaban J connectivity index is 1.45. The number of rotatable bonds is 13. The quantitative estimate of drug-likeness (QED) is 0.214. The first-order valence-electron chi connectivity index (χ1n) is 12.4. The molecule has 0 aliphatic carbocycles. The molecule has 10 nitrogen and oxygen atoms in total. The molecule has 0 N–H and O–H groups in total. The Morgan fingerprint density at radius 1 is 0.692 bits per heavy atom. The summed E-state index contributed by atoms with van der Waals surface area (Å²) in [6.07, 6.45) is 3.04. The van der Waals surface area contributed by atoms with Crippen LogP contribution in [0, 0.1) is 0 Å². The number of hydrogen-bond acceptors (Lipinski definition) is 10. The van der Waals surface area contributed by atoms with Crippen molar-refractivity contribution in [3.8, 4) is 0 Å². The monoisotopic (exact) mass is 537 g/mol. The minimum atomic E-state index is -0.817. The van der Waals surface area contributed by atoms with E-state index in [0.717, 1.165) is 35.4 Å². The second kappa shape index (κ2) is 16.5. The van der Waals surface area contributed by atoms with Gasteiger partial charge in [-0.15, -0.1) is 0 Å². The van der Waals surface area contributed by atoms with Gasteiger partial charge >= 0.3 is 23.9 Å². The molecular formula is C29H31NO9. The second-order valence-electron chi connectivity index (χ2n) is 8.46. The zero-order valence-corrected chi connectivity index (χ0v) is 21.4. The molecule has 1 fully saturated rings. The van der Waals surface area contributed by atoms with Crippen molar-refractivity contribution in [2.45, 2.75) is 19.3 Å². The molecular weight excluding hydrogens is 506 g/mol. The average molecular weight is 538 g/mol. The van der Waals surface area contributed by atoms with E-state index in [9.17, 15) is 19.2 Å². The summed E-state index contributed by atoms with van der Waals surface area (Å²) < 4.78 is 26.1. The van der Waals surface area contributed by atoms with Gasteiger partial charge in [0.2, 0.25) is 0 Å². The molecule has 3 rings (SSSR count). The first kappa shape index (κ1) is 29.3. The summed E-state index contributed by atoms with van der Waals surface area (Å²) in [6, 6.07) is 18.2. The molecule has 1 aliphatic heterocycles. The molecule has 0 aromatic heterocycles. The van der Waals surface area contributed by atoms with E-state index in [4.69, 9.17) is 23.7 Å². The Labute approximate surface area is 226 Å². The molecule has 0 spiro atoms. The van der Waals surface area contributed by atoms with Gasteiger partial charge < -0.3 is 23.7 Å². The number of carbonyl (C=O) groups excluding carboxylic acids is 4. The molecule has 0 bridgehead atoms. The van der Waals surface area contributed by atoms with Gasteiger partial charge in [-0.25, -0.2) is 19.2 Å². The topological polar surface area (TPSA) is 118 Å². The number of morpholine rings is 1. The largest absolute Gasteiger partial charge is 0.459 e. The van der Waals surface area contributed by atoms with Gasteiger partial charge in [0, 0.05) is 43.9 Å². The lowest BCUT2D eigenvalue weighted by Crippen LogP contribution is -2.43. The van der Waals surface area contributed by atoms with E-state index in [1.165, 1.54) is 0 Å². The lowest BCUT2D eigenvalue weighted by molar-refractivity contribution is -0.154. The van der Waals surface area contributed by atoms with Gasteiger partial charge in [-0.3, -0.25) is 4.90 Å². The summed E-state index contributed by atoms with van der Waals surface area (Å²) in [5.41, 5.74) is 1.63. The Morgan fingerprint density at radius 2 is 1.15 bits per heavy atom. The second-order valence-corrected chi connectivity index (χ2v) is 8.46. The van der Waals surface area contributed by atoms with Gasteiger partial charge in [-0.1, -0.05) is 60.7 Å². The third kappa shape index (κ3) is 12.2. The van der Waals surface area contributed by atoms with Crippen LogP contribution in [-0.4, -0.2) is 74.3 Å². The molecule has 10 heteroatoms. The van der Waals surface area contributed by atoms with E-state index in [1.807, 2.05) is 65.6 Å². The van der Waals surface area contributed by atoms with Crippen molar-refractivity contribution in [3.63, 3.8) is 0 Å². The Hall–Kier alpha value is -4.28. The molecule has 2 aromatic carbocycles. The fourth-order valence-corrected chi connectivity index (χ4v) is 3.45. The van der Waals surface area contributed by atoms with Gasteiger partial charge in [-0.05, 0) is 11.1 Å². The van der Waals surface area contributed by atoms with E-state index < -0.39 is 30.0 Å². The van der Waals surface area contributed by atoms with Crippen LogP contribution in [0.5, 0.6) is 0 Å². The predicted molar refractivity (Wildman–Crippen MR) is 139 cm³/mol. The molecule has 39 heavy (non-hydrogen) atoms. The smallest absolute Gasteiger partial charge is 0.331 e. The maximum Gasteiger partial charge on any atom is 0.331 e. The molecule has 206 valence electrons. The first-order valence-corrected chi connectivity index (χ1v) is 12.4. The molecule has 0 amide bonds. The third-order valence-corrected chi connectivity index (χ3v) is 5.42. The highest BCUT2D eigenvalue weighted by Crippen LogP contribution is 2.06. The number of benzene rings is 2. The van der Waals surface area contributed by atoms with Gasteiger partial charge in [0.25, 0.3) is 0 Å². The van der Waals surface area contributed by atoms with Gasteiger partial charge in [-0.2, -0.15) is 0 Å². The molecule has 1 saturated heterocycles. The lowest BCUT2D eigenvalue weighted by atomic mass is 10.2. The molecule has 1 unspecified atom stereocenters. The molecule has 2 aromatic rings. The normalized spacial score (nSPS) is 14.6. The summed E-state index contributed by atoms with van der Waals surface area (Å²) in [5, 5.41) is 0. The van der Waals surface area contributed by atoms with Crippen molar-refractivity contribution in [1.29, 1.82) is 0 Å². The summed E-state index contributed by atoms with van der Waals surface area (Å²) in [6.45, 7) is 2.48. The van der Waals surface area contributed by atoms with E-state index in [1.54, 1.807) is 0 Å². The highest BCUT2D eigenvalue weighted by molar-refractivity contribution is 5.92. The highest BCUT2D eigenvalue weighted by atomic mass is 16.6. The van der Waals surface area contributed by atoms with Gasteiger partial charge in [0.1, 0.15) is 25.9 Å². The van der Waals surface area contributed by atoms with E-state index in [0.29, 0.717) is 26.3 Å². The van der Waals surface area contributed by atoms with Crippen molar-refractivity contribution in [3.05, 3.63) is 96.1 Å². The average Bonchev–Trinajstić information content (AvgIpc) is 2.97. The Morgan fingerprint density at radius 3 is 1.67 bits per heavy atom. The Kier molecular flexibility index (Phi) is 12.4. The van der Waals surface area contributed by atoms with Crippen LogP contribution >= 0.6 is 0 Å². The summed E-state index contributed by atoms with van der Waals surface area (Å²) in [7, 11) is 0. The van der Waals surface area contributed by atoms with Crippen LogP contribution in [-0.2, 0) is 56.1 Å². The molecule has 0 saturated carbocycles. The van der Waals surface area contributed by atoms with Crippen molar-refractivity contribution in [1.82, 2.24) is 4.90 Å². The van der Waals surface area contributed by atoms with Crippen molar-refractivity contribution >= 4 is 23.9 Å². The SMILES string of the molecule is O=C(/C=C/C(=O)OCC(CN1CCOCC1)OC(=O)/C=C/C(=O)OCc1ccccc1)OCc1ccccc1. The maximum atomic E-state index is 12.3. The summed E-state index contributed by atoms with van der Waals surface area (Å²) >= 11 is 0. The van der Waals surface area contributed by atoms with Crippen molar-refractivity contribution < 1.29 is 42.9 Å². The van der Waals surface area contributed by atoms with Crippen LogP contribution in [0.15, 0.2) is 85.0 Å². The summed E-state index contributed by atoms with van der Waals surface area (Å²) in [5.74, 6) is -2.98. The number of ether oxygens (including phenoxy) is 5. The number of nitrogens with zero attached hydrogens (tertiary/aromatic N) is 1. The summed E-state index contributed by atoms with van der Waals surface area (Å²) in [4.78, 5) is 50.3. The predicted octanol–water partition coefficient (Wildman–Crippen LogP) is 2.37. The maximum absolute atomic E-state index is 12.3. The van der Waals surface area contributed by atoms with Gasteiger partial charge in [0.05, 0.1) is 13.2 Å². The minimum absolute atomic E-state index is 0.0714. The van der Waals surface area contributed by atoms with Gasteiger partial charge in [0.15, 0.2) is 0 Å². The van der Waals surface area contributed by atoms with Crippen LogP contribution in [0.25, 0.3) is 0 Å². The zero-order chi connectivity index (χ0) is 27.7. The molecule has 1 heterocycles. The first-order chi connectivity index (χ1) is 19.0. The van der Waals surface area contributed by atoms with Crippen LogP contribution in [0.3, 0.4) is 0 Å². The molecule has 0 radical (unpaired) electrons. The molecule has 1 aliphatic rings. The van der Waals surface area contributed by atoms with E-state index in [2.05, 4.69) is 0 Å². The van der Waals surface area contributed by atoms with Crippen LogP contribution in [0.4, 0.5) is 0 Å². The third-order valence-electron chi connectivity index (χ3n) is 5.42. The minimum Gasteiger partial charge on any atom is -0.459 e. The van der Waals surface area contributed by atoms with Crippen molar-refractivity contribution in [2.24, 2.45) is 0 Å². The standard InChI is InChI=1S/C29H31NO9/c31-26(36-20-23-7-3-1-4-8-23)11-12-28(33)38-22-25(19-30-15-17-35-18-16-30)39-29(34)14-13-27(32)37-21-24-9-5-2-6-10-24/h1-14,25H,15-22H2/b12-11+,14-13+. The van der Waals surface area contributed by atoms with E-state index >= 15 is 0 Å². The zero-order valence-electron chi connectivity index (χ0n) is 21.4. The Bertz CT molecular complexity index is 1130. The highest BCUT2D eigenvalue weighted by Gasteiger charge is 2.21. The van der Waals surface area contributed by atoms with Crippen LogP contribution in [0.1, 0.15) is 11.1 Å². The lowest BCUT2D eigenvalue weighted by Gasteiger charge is -2.29. The fourth-order valence-electron chi connectivity index (χ4n) is 3.45. The molecule has 1 atom stereocenters. The number of carbonyl (C=O) groups is 4. The van der Waals surface area contributed by atoms with Crippen molar-refractivity contribution in [2.75, 3.05) is 39.5 Å². The van der Waals surface area contributed by atoms with E-state index in [-0.39, 0.29) is 26.4 Å². The number of esters is 4. The fraction of sp³-hybridized carbons (Fsp3) is 0.310.